The molecule has 0 bridgehead atoms. The van der Waals surface area contributed by atoms with Gasteiger partial charge in [-0.1, -0.05) is 18.2 Å². The lowest BCUT2D eigenvalue weighted by Gasteiger charge is -2.28. The molecular formula is C24H31FN2O2. The molecule has 4 nitrogen and oxygen atoms in total. The highest BCUT2D eigenvalue weighted by Crippen LogP contribution is 2.33. The number of fused-ring (bicyclic) bond motifs is 1. The van der Waals surface area contributed by atoms with Crippen LogP contribution in [0.4, 0.5) is 4.39 Å². The van der Waals surface area contributed by atoms with Gasteiger partial charge >= 0.3 is 0 Å². The van der Waals surface area contributed by atoms with Crippen molar-refractivity contribution in [1.29, 1.82) is 0 Å². The Hall–Kier alpha value is -2.11. The van der Waals surface area contributed by atoms with Crippen LogP contribution in [0.15, 0.2) is 42.5 Å². The second kappa shape index (κ2) is 9.59. The number of likely N-dealkylation sites (tertiary alicyclic amines) is 1. The number of hydrogen-bond donors (Lipinski definition) is 1. The van der Waals surface area contributed by atoms with Crippen LogP contribution >= 0.6 is 0 Å². The van der Waals surface area contributed by atoms with Crippen molar-refractivity contribution in [3.63, 3.8) is 0 Å². The SMILES string of the molecule is COc1ccc(C2CNCc3cc(OCCCN4CCC(F)CC4)ccc32)cc1. The molecule has 1 atom stereocenters. The largest absolute Gasteiger partial charge is 0.497 e. The van der Waals surface area contributed by atoms with Crippen LogP contribution in [0.25, 0.3) is 0 Å². The number of hydrogen-bond acceptors (Lipinski definition) is 4. The van der Waals surface area contributed by atoms with Gasteiger partial charge in [-0.05, 0) is 60.2 Å². The predicted octanol–water partition coefficient (Wildman–Crippen LogP) is 4.13. The molecular weight excluding hydrogens is 367 g/mol. The van der Waals surface area contributed by atoms with E-state index in [0.29, 0.717) is 25.4 Å². The number of methoxy groups -OCH3 is 1. The highest BCUT2D eigenvalue weighted by molar-refractivity contribution is 5.45. The van der Waals surface area contributed by atoms with E-state index in [1.54, 1.807) is 7.11 Å². The number of piperidine rings is 1. The third-order valence-electron chi connectivity index (χ3n) is 6.08. The molecule has 2 heterocycles. The molecule has 1 unspecified atom stereocenters. The van der Waals surface area contributed by atoms with Gasteiger partial charge in [0.15, 0.2) is 0 Å². The number of nitrogens with one attached hydrogen (secondary N) is 1. The normalized spacial score (nSPS) is 20.3. The van der Waals surface area contributed by atoms with Crippen molar-refractivity contribution >= 4 is 0 Å². The molecule has 0 aliphatic carbocycles. The summed E-state index contributed by atoms with van der Waals surface area (Å²) in [6.07, 6.45) is 1.72. The molecule has 0 radical (unpaired) electrons. The molecule has 0 aromatic heterocycles. The molecule has 2 aromatic carbocycles. The summed E-state index contributed by atoms with van der Waals surface area (Å²) in [4.78, 5) is 2.34. The van der Waals surface area contributed by atoms with Crippen LogP contribution in [0.5, 0.6) is 11.5 Å². The fourth-order valence-corrected chi connectivity index (χ4v) is 4.36. The lowest BCUT2D eigenvalue weighted by molar-refractivity contribution is 0.143. The topological polar surface area (TPSA) is 33.7 Å². The first-order valence-corrected chi connectivity index (χ1v) is 10.7. The summed E-state index contributed by atoms with van der Waals surface area (Å²) in [5.41, 5.74) is 3.97. The average molecular weight is 399 g/mol. The van der Waals surface area contributed by atoms with Crippen LogP contribution in [0.3, 0.4) is 0 Å². The minimum absolute atomic E-state index is 0.345. The monoisotopic (exact) mass is 398 g/mol. The summed E-state index contributed by atoms with van der Waals surface area (Å²) >= 11 is 0. The lowest BCUT2D eigenvalue weighted by Crippen LogP contribution is -2.35. The van der Waals surface area contributed by atoms with E-state index in [2.05, 4.69) is 40.5 Å². The van der Waals surface area contributed by atoms with Gasteiger partial charge in [0.1, 0.15) is 17.7 Å². The molecule has 0 saturated carbocycles. The molecule has 2 aliphatic heterocycles. The van der Waals surface area contributed by atoms with Gasteiger partial charge in [0, 0.05) is 38.6 Å². The molecule has 1 saturated heterocycles. The number of nitrogens with zero attached hydrogens (tertiary/aromatic N) is 1. The van der Waals surface area contributed by atoms with Gasteiger partial charge in [0.2, 0.25) is 0 Å². The van der Waals surface area contributed by atoms with Crippen molar-refractivity contribution in [3.8, 4) is 11.5 Å². The number of alkyl halides is 1. The zero-order chi connectivity index (χ0) is 20.1. The molecule has 0 spiro atoms. The smallest absolute Gasteiger partial charge is 0.119 e. The minimum atomic E-state index is -0.603. The maximum Gasteiger partial charge on any atom is 0.119 e. The van der Waals surface area contributed by atoms with Crippen LogP contribution in [-0.2, 0) is 6.54 Å². The first kappa shape index (κ1) is 20.2. The quantitative estimate of drug-likeness (QED) is 0.711. The number of benzene rings is 2. The van der Waals surface area contributed by atoms with Crippen molar-refractivity contribution in [2.24, 2.45) is 0 Å². The van der Waals surface area contributed by atoms with Crippen molar-refractivity contribution in [1.82, 2.24) is 10.2 Å². The van der Waals surface area contributed by atoms with Crippen molar-refractivity contribution in [2.45, 2.75) is 37.9 Å². The lowest BCUT2D eigenvalue weighted by atomic mass is 9.85. The molecule has 29 heavy (non-hydrogen) atoms. The van der Waals surface area contributed by atoms with E-state index in [0.717, 1.165) is 50.6 Å². The summed E-state index contributed by atoms with van der Waals surface area (Å²) in [7, 11) is 1.69. The number of ether oxygens (including phenoxy) is 2. The van der Waals surface area contributed by atoms with Crippen LogP contribution in [-0.4, -0.2) is 51.0 Å². The number of rotatable bonds is 7. The van der Waals surface area contributed by atoms with E-state index in [4.69, 9.17) is 9.47 Å². The van der Waals surface area contributed by atoms with Gasteiger partial charge in [-0.2, -0.15) is 0 Å². The third-order valence-corrected chi connectivity index (χ3v) is 6.08. The van der Waals surface area contributed by atoms with Crippen LogP contribution in [0.2, 0.25) is 0 Å². The summed E-state index contributed by atoms with van der Waals surface area (Å²) in [6, 6.07) is 14.8. The highest BCUT2D eigenvalue weighted by Gasteiger charge is 2.22. The molecule has 156 valence electrons. The average Bonchev–Trinajstić information content (AvgIpc) is 2.77. The fourth-order valence-electron chi connectivity index (χ4n) is 4.36. The zero-order valence-corrected chi connectivity index (χ0v) is 17.2. The van der Waals surface area contributed by atoms with Crippen molar-refractivity contribution < 1.29 is 13.9 Å². The minimum Gasteiger partial charge on any atom is -0.497 e. The Bertz CT molecular complexity index is 788. The first-order valence-electron chi connectivity index (χ1n) is 10.7. The fraction of sp³-hybridized carbons (Fsp3) is 0.500. The van der Waals surface area contributed by atoms with Gasteiger partial charge in [-0.25, -0.2) is 4.39 Å². The summed E-state index contributed by atoms with van der Waals surface area (Å²) in [5.74, 6) is 2.16. The second-order valence-electron chi connectivity index (χ2n) is 8.04. The van der Waals surface area contributed by atoms with Gasteiger partial charge < -0.3 is 19.7 Å². The van der Waals surface area contributed by atoms with Gasteiger partial charge in [0.05, 0.1) is 13.7 Å². The van der Waals surface area contributed by atoms with E-state index < -0.39 is 6.17 Å². The first-order chi connectivity index (χ1) is 14.2. The summed E-state index contributed by atoms with van der Waals surface area (Å²) < 4.78 is 24.5. The highest BCUT2D eigenvalue weighted by atomic mass is 19.1. The summed E-state index contributed by atoms with van der Waals surface area (Å²) in [5, 5.41) is 3.54. The van der Waals surface area contributed by atoms with E-state index in [9.17, 15) is 4.39 Å². The molecule has 1 fully saturated rings. The Morgan fingerprint density at radius 1 is 1.07 bits per heavy atom. The zero-order valence-electron chi connectivity index (χ0n) is 17.2. The standard InChI is InChI=1S/C24H31FN2O2/c1-28-21-5-3-18(4-6-21)24-17-26-16-19-15-22(7-8-23(19)24)29-14-2-11-27-12-9-20(25)10-13-27/h3-8,15,20,24,26H,2,9-14,16-17H2,1H3. The Labute approximate surface area is 173 Å². The van der Waals surface area contributed by atoms with Crippen LogP contribution in [0.1, 0.15) is 41.9 Å². The molecule has 1 N–H and O–H groups in total. The maximum absolute atomic E-state index is 13.2. The van der Waals surface area contributed by atoms with Crippen molar-refractivity contribution in [3.05, 3.63) is 59.2 Å². The Morgan fingerprint density at radius 3 is 2.59 bits per heavy atom. The van der Waals surface area contributed by atoms with E-state index in [1.165, 1.54) is 16.7 Å². The molecule has 2 aromatic rings. The molecule has 0 amide bonds. The summed E-state index contributed by atoms with van der Waals surface area (Å²) in [6.45, 7) is 5.24. The molecule has 2 aliphatic rings. The predicted molar refractivity (Wildman–Crippen MR) is 114 cm³/mol. The van der Waals surface area contributed by atoms with Gasteiger partial charge in [-0.15, -0.1) is 0 Å². The van der Waals surface area contributed by atoms with Gasteiger partial charge in [0.25, 0.3) is 0 Å². The second-order valence-corrected chi connectivity index (χ2v) is 8.04. The Balaban J connectivity index is 1.33. The Kier molecular flexibility index (Phi) is 6.67. The number of halogens is 1. The van der Waals surface area contributed by atoms with Gasteiger partial charge in [-0.3, -0.25) is 0 Å². The third kappa shape index (κ3) is 5.09. The van der Waals surface area contributed by atoms with Crippen LogP contribution in [0, 0.1) is 0 Å². The van der Waals surface area contributed by atoms with E-state index >= 15 is 0 Å². The molecule has 5 heteroatoms. The maximum atomic E-state index is 13.2. The van der Waals surface area contributed by atoms with E-state index in [-0.39, 0.29) is 0 Å². The Morgan fingerprint density at radius 2 is 1.83 bits per heavy atom. The van der Waals surface area contributed by atoms with Crippen LogP contribution < -0.4 is 14.8 Å². The van der Waals surface area contributed by atoms with Crippen molar-refractivity contribution in [2.75, 3.05) is 39.9 Å². The van der Waals surface area contributed by atoms with E-state index in [1.807, 2.05) is 12.1 Å². The molecule has 4 rings (SSSR count).